The molecule has 1 unspecified atom stereocenters. The molecule has 2 N–H and O–H groups in total. The number of hydrogen-bond donors (Lipinski definition) is 1. The molecule has 0 aromatic carbocycles. The number of sulfonamides is 1. The predicted molar refractivity (Wildman–Crippen MR) is 74.3 cm³/mol. The molecule has 0 saturated carbocycles. The Morgan fingerprint density at radius 3 is 3.10 bits per heavy atom. The molecule has 0 spiro atoms. The van der Waals surface area contributed by atoms with Gasteiger partial charge in [0, 0.05) is 19.3 Å². The van der Waals surface area contributed by atoms with Gasteiger partial charge in [0.15, 0.2) is 5.65 Å². The zero-order valence-electron chi connectivity index (χ0n) is 11.0. The topological polar surface area (TPSA) is 93.6 Å². The number of rotatable bonds is 4. The number of fused-ring (bicyclic) bond motifs is 1. The van der Waals surface area contributed by atoms with Crippen molar-refractivity contribution in [3.05, 3.63) is 30.2 Å². The molecule has 3 rings (SSSR count). The minimum atomic E-state index is -3.37. The minimum Gasteiger partial charge on any atom is -0.299 e. The van der Waals surface area contributed by atoms with Crippen LogP contribution in [0.5, 0.6) is 0 Å². The first-order valence-electron chi connectivity index (χ1n) is 6.51. The number of aromatic nitrogens is 3. The molecule has 7 nitrogen and oxygen atoms in total. The lowest BCUT2D eigenvalue weighted by atomic mass is 10.2. The largest absolute Gasteiger partial charge is 0.299 e. The average Bonchev–Trinajstić information content (AvgIpc) is 2.96. The van der Waals surface area contributed by atoms with Gasteiger partial charge < -0.3 is 0 Å². The Balaban J connectivity index is 1.64. The molecule has 0 amide bonds. The predicted octanol–water partition coefficient (Wildman–Crippen LogP) is -0.160. The summed E-state index contributed by atoms with van der Waals surface area (Å²) in [7, 11) is -3.37. The summed E-state index contributed by atoms with van der Waals surface area (Å²) in [5, 5.41) is 9.15. The van der Waals surface area contributed by atoms with E-state index in [-0.39, 0.29) is 11.7 Å². The van der Waals surface area contributed by atoms with Gasteiger partial charge in [-0.2, -0.15) is 5.10 Å². The van der Waals surface area contributed by atoms with Gasteiger partial charge in [0.1, 0.15) is 6.33 Å². The summed E-state index contributed by atoms with van der Waals surface area (Å²) in [4.78, 5) is 6.40. The summed E-state index contributed by atoms with van der Waals surface area (Å²) in [6.07, 6.45) is 4.29. The Morgan fingerprint density at radius 2 is 2.30 bits per heavy atom. The molecule has 0 radical (unpaired) electrons. The zero-order valence-corrected chi connectivity index (χ0v) is 11.8. The molecule has 3 heterocycles. The van der Waals surface area contributed by atoms with Crippen molar-refractivity contribution in [2.45, 2.75) is 13.0 Å². The van der Waals surface area contributed by atoms with Gasteiger partial charge in [-0.05, 0) is 36.6 Å². The van der Waals surface area contributed by atoms with E-state index in [4.69, 9.17) is 5.14 Å². The van der Waals surface area contributed by atoms with Crippen molar-refractivity contribution in [3.8, 4) is 0 Å². The minimum absolute atomic E-state index is 0.0761. The lowest BCUT2D eigenvalue weighted by Gasteiger charge is -2.15. The molecule has 1 atom stereocenters. The lowest BCUT2D eigenvalue weighted by Crippen LogP contribution is -2.26. The molecule has 8 heteroatoms. The van der Waals surface area contributed by atoms with E-state index in [0.29, 0.717) is 0 Å². The smallest absolute Gasteiger partial charge is 0.209 e. The van der Waals surface area contributed by atoms with Gasteiger partial charge in [-0.3, -0.25) is 4.90 Å². The standard InChI is InChI=1S/C12H17N5O2S/c13-20(18,19)8-11-1-3-16(7-11)6-10-2-4-17-12(5-10)14-9-15-17/h2,4-5,9,11H,1,3,6-8H2,(H2,13,18,19). The van der Waals surface area contributed by atoms with Crippen molar-refractivity contribution in [3.63, 3.8) is 0 Å². The van der Waals surface area contributed by atoms with Crippen LogP contribution in [0.25, 0.3) is 5.65 Å². The third-order valence-electron chi connectivity index (χ3n) is 3.59. The number of nitrogens with two attached hydrogens (primary N) is 1. The maximum atomic E-state index is 11.1. The Kier molecular flexibility index (Phi) is 3.45. The molecule has 0 bridgehead atoms. The molecule has 2 aromatic rings. The maximum absolute atomic E-state index is 11.1. The first-order valence-corrected chi connectivity index (χ1v) is 8.22. The summed E-state index contributed by atoms with van der Waals surface area (Å²) in [5.74, 6) is 0.217. The van der Waals surface area contributed by atoms with Crippen molar-refractivity contribution >= 4 is 15.7 Å². The number of hydrogen-bond acceptors (Lipinski definition) is 5. The highest BCUT2D eigenvalue weighted by Gasteiger charge is 2.25. The van der Waals surface area contributed by atoms with E-state index in [1.165, 1.54) is 6.33 Å². The molecular weight excluding hydrogens is 278 g/mol. The summed E-state index contributed by atoms with van der Waals surface area (Å²) in [6.45, 7) is 2.47. The number of pyridine rings is 1. The van der Waals surface area contributed by atoms with Crippen LogP contribution in [0.15, 0.2) is 24.7 Å². The lowest BCUT2D eigenvalue weighted by molar-refractivity contribution is 0.320. The van der Waals surface area contributed by atoms with E-state index in [9.17, 15) is 8.42 Å². The fourth-order valence-electron chi connectivity index (χ4n) is 2.74. The first kappa shape index (κ1) is 13.5. The Labute approximate surface area is 117 Å². The number of primary sulfonamides is 1. The molecule has 20 heavy (non-hydrogen) atoms. The van der Waals surface area contributed by atoms with Gasteiger partial charge in [0.2, 0.25) is 10.0 Å². The van der Waals surface area contributed by atoms with Crippen molar-refractivity contribution in [1.29, 1.82) is 0 Å². The fourth-order valence-corrected chi connectivity index (χ4v) is 3.66. The monoisotopic (exact) mass is 295 g/mol. The van der Waals surface area contributed by atoms with Gasteiger partial charge >= 0.3 is 0 Å². The first-order chi connectivity index (χ1) is 9.49. The fraction of sp³-hybridized carbons (Fsp3) is 0.500. The normalized spacial score (nSPS) is 20.8. The summed E-state index contributed by atoms with van der Waals surface area (Å²) >= 11 is 0. The van der Waals surface area contributed by atoms with Crippen LogP contribution in [-0.4, -0.2) is 46.8 Å². The molecule has 1 aliphatic heterocycles. The summed E-state index contributed by atoms with van der Waals surface area (Å²) in [5.41, 5.74) is 1.98. The van der Waals surface area contributed by atoms with E-state index in [0.717, 1.165) is 37.3 Å². The van der Waals surface area contributed by atoms with Gasteiger partial charge in [-0.25, -0.2) is 23.1 Å². The van der Waals surface area contributed by atoms with E-state index in [1.807, 2.05) is 18.3 Å². The second-order valence-electron chi connectivity index (χ2n) is 5.32. The molecule has 1 fully saturated rings. The van der Waals surface area contributed by atoms with Gasteiger partial charge in [-0.15, -0.1) is 0 Å². The third kappa shape index (κ3) is 3.14. The van der Waals surface area contributed by atoms with Gasteiger partial charge in [0.05, 0.1) is 5.75 Å². The van der Waals surface area contributed by atoms with Crippen LogP contribution in [0, 0.1) is 5.92 Å². The molecule has 1 aliphatic rings. The van der Waals surface area contributed by atoms with Crippen LogP contribution in [0.2, 0.25) is 0 Å². The Hall–Kier alpha value is -1.51. The van der Waals surface area contributed by atoms with E-state index >= 15 is 0 Å². The quantitative estimate of drug-likeness (QED) is 0.846. The van der Waals surface area contributed by atoms with E-state index in [1.54, 1.807) is 4.52 Å². The molecular formula is C12H17N5O2S. The number of likely N-dealkylation sites (tertiary alicyclic amines) is 1. The highest BCUT2D eigenvalue weighted by molar-refractivity contribution is 7.89. The van der Waals surface area contributed by atoms with Gasteiger partial charge in [-0.1, -0.05) is 0 Å². The van der Waals surface area contributed by atoms with Crippen LogP contribution < -0.4 is 5.14 Å². The van der Waals surface area contributed by atoms with Crippen molar-refractivity contribution in [1.82, 2.24) is 19.5 Å². The van der Waals surface area contributed by atoms with E-state index < -0.39 is 10.0 Å². The third-order valence-corrected chi connectivity index (χ3v) is 4.53. The highest BCUT2D eigenvalue weighted by Crippen LogP contribution is 2.19. The average molecular weight is 295 g/mol. The van der Waals surface area contributed by atoms with Crippen molar-refractivity contribution < 1.29 is 8.42 Å². The molecule has 2 aromatic heterocycles. The van der Waals surface area contributed by atoms with E-state index in [2.05, 4.69) is 15.0 Å². The second-order valence-corrected chi connectivity index (χ2v) is 6.98. The maximum Gasteiger partial charge on any atom is 0.209 e. The van der Waals surface area contributed by atoms with Crippen LogP contribution in [0.3, 0.4) is 0 Å². The van der Waals surface area contributed by atoms with Crippen molar-refractivity contribution in [2.24, 2.45) is 11.1 Å². The summed E-state index contributed by atoms with van der Waals surface area (Å²) < 4.78 is 23.9. The van der Waals surface area contributed by atoms with Crippen molar-refractivity contribution in [2.75, 3.05) is 18.8 Å². The Bertz CT molecular complexity index is 711. The van der Waals surface area contributed by atoms with Crippen LogP contribution >= 0.6 is 0 Å². The van der Waals surface area contributed by atoms with Crippen LogP contribution in [0.1, 0.15) is 12.0 Å². The second kappa shape index (κ2) is 5.12. The summed E-state index contributed by atoms with van der Waals surface area (Å²) in [6, 6.07) is 4.01. The Morgan fingerprint density at radius 1 is 1.45 bits per heavy atom. The molecule has 0 aliphatic carbocycles. The van der Waals surface area contributed by atoms with Gasteiger partial charge in [0.25, 0.3) is 0 Å². The SMILES string of the molecule is NS(=O)(=O)CC1CCN(Cc2ccn3ncnc3c2)C1. The van der Waals surface area contributed by atoms with Crippen LogP contribution in [-0.2, 0) is 16.6 Å². The molecule has 108 valence electrons. The highest BCUT2D eigenvalue weighted by atomic mass is 32.2. The zero-order chi connectivity index (χ0) is 14.2. The molecule has 1 saturated heterocycles. The van der Waals surface area contributed by atoms with Crippen LogP contribution in [0.4, 0.5) is 0 Å². The number of nitrogens with zero attached hydrogens (tertiary/aromatic N) is 4.